The van der Waals surface area contributed by atoms with Crippen molar-refractivity contribution in [3.63, 3.8) is 0 Å². The highest BCUT2D eigenvalue weighted by atomic mass is 16.5. The number of methoxy groups -OCH3 is 1. The van der Waals surface area contributed by atoms with Crippen LogP contribution < -0.4 is 10.6 Å². The van der Waals surface area contributed by atoms with Crippen LogP contribution in [0, 0.1) is 0 Å². The van der Waals surface area contributed by atoms with Crippen molar-refractivity contribution in [3.8, 4) is 0 Å². The smallest absolute Gasteiger partial charge is 0.319 e. The maximum atomic E-state index is 12.1. The minimum Gasteiger partial charge on any atom is -0.383 e. The van der Waals surface area contributed by atoms with Crippen LogP contribution in [-0.2, 0) is 16.0 Å². The van der Waals surface area contributed by atoms with Crippen molar-refractivity contribution in [2.24, 2.45) is 0 Å². The van der Waals surface area contributed by atoms with Gasteiger partial charge in [0.25, 0.3) is 0 Å². The molecule has 1 aliphatic heterocycles. The summed E-state index contributed by atoms with van der Waals surface area (Å²) in [5.74, 6) is 0.176. The van der Waals surface area contributed by atoms with Crippen molar-refractivity contribution in [1.82, 2.24) is 10.2 Å². The normalized spacial score (nSPS) is 14.0. The van der Waals surface area contributed by atoms with Gasteiger partial charge in [0.05, 0.1) is 13.0 Å². The van der Waals surface area contributed by atoms with Crippen LogP contribution in [-0.4, -0.2) is 50.2 Å². The first kappa shape index (κ1) is 16.3. The van der Waals surface area contributed by atoms with E-state index >= 15 is 0 Å². The van der Waals surface area contributed by atoms with Crippen molar-refractivity contribution >= 4 is 17.6 Å². The summed E-state index contributed by atoms with van der Waals surface area (Å²) in [4.78, 5) is 25.6. The Balaban J connectivity index is 1.79. The number of hydrogen-bond acceptors (Lipinski definition) is 3. The standard InChI is InChI=1S/C16H23N3O3/c1-22-11-8-17-16(21)18-14-6-4-13(5-7-14)12-15(20)19-9-2-3-10-19/h4-7H,2-3,8-12H2,1H3,(H2,17,18,21). The number of amides is 3. The Labute approximate surface area is 130 Å². The first-order valence-corrected chi connectivity index (χ1v) is 7.59. The van der Waals surface area contributed by atoms with Crippen LogP contribution in [0.5, 0.6) is 0 Å². The number of nitrogens with zero attached hydrogens (tertiary/aromatic N) is 1. The van der Waals surface area contributed by atoms with Gasteiger partial charge < -0.3 is 20.3 Å². The Kier molecular flexibility index (Phi) is 6.21. The molecule has 1 heterocycles. The molecule has 120 valence electrons. The first-order chi connectivity index (χ1) is 10.7. The van der Waals surface area contributed by atoms with Gasteiger partial charge in [0.1, 0.15) is 0 Å². The summed E-state index contributed by atoms with van der Waals surface area (Å²) in [5, 5.41) is 5.42. The number of likely N-dealkylation sites (tertiary alicyclic amines) is 1. The predicted octanol–water partition coefficient (Wildman–Crippen LogP) is 1.62. The fourth-order valence-electron chi connectivity index (χ4n) is 2.40. The third-order valence-electron chi connectivity index (χ3n) is 3.62. The largest absolute Gasteiger partial charge is 0.383 e. The molecule has 1 aliphatic rings. The van der Waals surface area contributed by atoms with Crippen LogP contribution in [0.25, 0.3) is 0 Å². The Bertz CT molecular complexity index is 496. The zero-order chi connectivity index (χ0) is 15.8. The molecule has 0 radical (unpaired) electrons. The van der Waals surface area contributed by atoms with Crippen LogP contribution in [0.4, 0.5) is 10.5 Å². The molecular formula is C16H23N3O3. The summed E-state index contributed by atoms with van der Waals surface area (Å²) in [6.45, 7) is 2.69. The van der Waals surface area contributed by atoms with E-state index in [0.717, 1.165) is 31.5 Å². The van der Waals surface area contributed by atoms with Crippen LogP contribution in [0.2, 0.25) is 0 Å². The molecule has 0 unspecified atom stereocenters. The quantitative estimate of drug-likeness (QED) is 0.785. The minimum absolute atomic E-state index is 0.176. The number of urea groups is 1. The van der Waals surface area contributed by atoms with Gasteiger partial charge in [-0.2, -0.15) is 0 Å². The lowest BCUT2D eigenvalue weighted by molar-refractivity contribution is -0.129. The molecule has 2 N–H and O–H groups in total. The SMILES string of the molecule is COCCNC(=O)Nc1ccc(CC(=O)N2CCCC2)cc1. The van der Waals surface area contributed by atoms with Gasteiger partial charge in [-0.05, 0) is 30.5 Å². The van der Waals surface area contributed by atoms with Gasteiger partial charge in [-0.3, -0.25) is 4.79 Å². The first-order valence-electron chi connectivity index (χ1n) is 7.59. The summed E-state index contributed by atoms with van der Waals surface area (Å²) in [5.41, 5.74) is 1.66. The number of benzene rings is 1. The van der Waals surface area contributed by atoms with E-state index < -0.39 is 0 Å². The average Bonchev–Trinajstić information content (AvgIpc) is 3.04. The highest BCUT2D eigenvalue weighted by Gasteiger charge is 2.17. The number of hydrogen-bond donors (Lipinski definition) is 2. The number of ether oxygens (including phenoxy) is 1. The maximum absolute atomic E-state index is 12.1. The van der Waals surface area contributed by atoms with Gasteiger partial charge in [0.2, 0.25) is 5.91 Å². The molecule has 0 aromatic heterocycles. The van der Waals surface area contributed by atoms with Crippen molar-refractivity contribution < 1.29 is 14.3 Å². The molecular weight excluding hydrogens is 282 g/mol. The van der Waals surface area contributed by atoms with E-state index in [2.05, 4.69) is 10.6 Å². The Hall–Kier alpha value is -2.08. The van der Waals surface area contributed by atoms with Crippen molar-refractivity contribution in [2.75, 3.05) is 38.7 Å². The number of carbonyl (C=O) groups excluding carboxylic acids is 2. The zero-order valence-corrected chi connectivity index (χ0v) is 12.9. The van der Waals surface area contributed by atoms with Crippen LogP contribution in [0.15, 0.2) is 24.3 Å². The maximum Gasteiger partial charge on any atom is 0.319 e. The monoisotopic (exact) mass is 305 g/mol. The molecule has 1 aromatic rings. The van der Waals surface area contributed by atoms with Crippen LogP contribution in [0.1, 0.15) is 18.4 Å². The second kappa shape index (κ2) is 8.38. The molecule has 1 fully saturated rings. The van der Waals surface area contributed by atoms with E-state index in [1.165, 1.54) is 0 Å². The summed E-state index contributed by atoms with van der Waals surface area (Å²) in [6, 6.07) is 7.10. The van der Waals surface area contributed by atoms with E-state index in [9.17, 15) is 9.59 Å². The molecule has 6 nitrogen and oxygen atoms in total. The van der Waals surface area contributed by atoms with E-state index in [1.54, 1.807) is 7.11 Å². The fraction of sp³-hybridized carbons (Fsp3) is 0.500. The van der Waals surface area contributed by atoms with Gasteiger partial charge in [0.15, 0.2) is 0 Å². The number of carbonyl (C=O) groups is 2. The second-order valence-corrected chi connectivity index (χ2v) is 5.34. The van der Waals surface area contributed by atoms with Crippen LogP contribution in [0.3, 0.4) is 0 Å². The summed E-state index contributed by atoms with van der Waals surface area (Å²) in [6.07, 6.45) is 2.62. The molecule has 0 aliphatic carbocycles. The van der Waals surface area contributed by atoms with Gasteiger partial charge in [-0.1, -0.05) is 12.1 Å². The van der Waals surface area contributed by atoms with Gasteiger partial charge in [0, 0.05) is 32.4 Å². The predicted molar refractivity (Wildman–Crippen MR) is 84.9 cm³/mol. The topological polar surface area (TPSA) is 70.7 Å². The summed E-state index contributed by atoms with van der Waals surface area (Å²) in [7, 11) is 1.59. The Morgan fingerprint density at radius 1 is 1.18 bits per heavy atom. The molecule has 0 atom stereocenters. The molecule has 0 spiro atoms. The number of anilines is 1. The van der Waals surface area contributed by atoms with E-state index in [4.69, 9.17) is 4.74 Å². The lowest BCUT2D eigenvalue weighted by atomic mass is 10.1. The van der Waals surface area contributed by atoms with E-state index in [0.29, 0.717) is 25.3 Å². The second-order valence-electron chi connectivity index (χ2n) is 5.34. The van der Waals surface area contributed by atoms with Crippen molar-refractivity contribution in [3.05, 3.63) is 29.8 Å². The molecule has 22 heavy (non-hydrogen) atoms. The lowest BCUT2D eigenvalue weighted by Gasteiger charge is -2.15. The molecule has 0 bridgehead atoms. The fourth-order valence-corrected chi connectivity index (χ4v) is 2.40. The molecule has 0 saturated carbocycles. The highest BCUT2D eigenvalue weighted by molar-refractivity contribution is 5.89. The third-order valence-corrected chi connectivity index (χ3v) is 3.62. The third kappa shape index (κ3) is 5.04. The lowest BCUT2D eigenvalue weighted by Crippen LogP contribution is -2.31. The molecule has 2 rings (SSSR count). The number of nitrogens with one attached hydrogen (secondary N) is 2. The van der Waals surface area contributed by atoms with Crippen molar-refractivity contribution in [2.45, 2.75) is 19.3 Å². The molecule has 6 heteroatoms. The Morgan fingerprint density at radius 3 is 2.50 bits per heavy atom. The summed E-state index contributed by atoms with van der Waals surface area (Å²) >= 11 is 0. The molecule has 3 amide bonds. The summed E-state index contributed by atoms with van der Waals surface area (Å²) < 4.78 is 4.86. The zero-order valence-electron chi connectivity index (χ0n) is 12.9. The van der Waals surface area contributed by atoms with Gasteiger partial charge >= 0.3 is 6.03 Å². The number of rotatable bonds is 6. The average molecular weight is 305 g/mol. The van der Waals surface area contributed by atoms with Crippen molar-refractivity contribution in [1.29, 1.82) is 0 Å². The minimum atomic E-state index is -0.266. The van der Waals surface area contributed by atoms with Gasteiger partial charge in [-0.25, -0.2) is 4.79 Å². The molecule has 1 saturated heterocycles. The van der Waals surface area contributed by atoms with Gasteiger partial charge in [-0.15, -0.1) is 0 Å². The van der Waals surface area contributed by atoms with Crippen LogP contribution >= 0.6 is 0 Å². The highest BCUT2D eigenvalue weighted by Crippen LogP contribution is 2.13. The van der Waals surface area contributed by atoms with E-state index in [-0.39, 0.29) is 11.9 Å². The van der Waals surface area contributed by atoms with E-state index in [1.807, 2.05) is 29.2 Å². The molecule has 1 aromatic carbocycles. The Morgan fingerprint density at radius 2 is 1.86 bits per heavy atom.